The lowest BCUT2D eigenvalue weighted by atomic mass is 10.1. The summed E-state index contributed by atoms with van der Waals surface area (Å²) in [6.07, 6.45) is 0.342. The smallest absolute Gasteiger partial charge is 0.264 e. The van der Waals surface area contributed by atoms with E-state index in [0.29, 0.717) is 6.42 Å². The number of halogens is 2. The fraction of sp³-hybridized carbons (Fsp3) is 0.310. The average Bonchev–Trinajstić information content (AvgIpc) is 2.90. The van der Waals surface area contributed by atoms with Gasteiger partial charge in [-0.05, 0) is 63.1 Å². The van der Waals surface area contributed by atoms with Gasteiger partial charge in [0.05, 0.1) is 20.6 Å². The van der Waals surface area contributed by atoms with E-state index in [2.05, 4.69) is 5.32 Å². The summed E-state index contributed by atoms with van der Waals surface area (Å²) in [7, 11) is -4.18. The molecule has 0 aliphatic rings. The molecule has 0 bridgehead atoms. The molecular weight excluding hydrogens is 557 g/mol. The zero-order chi connectivity index (χ0) is 28.7. The number of hydrogen-bond acceptors (Lipinski definition) is 4. The van der Waals surface area contributed by atoms with E-state index in [9.17, 15) is 18.0 Å². The highest BCUT2D eigenvalue weighted by Gasteiger charge is 2.34. The van der Waals surface area contributed by atoms with Crippen LogP contribution in [0.25, 0.3) is 0 Å². The Hall–Kier alpha value is -3.07. The highest BCUT2D eigenvalue weighted by Crippen LogP contribution is 2.31. The summed E-state index contributed by atoms with van der Waals surface area (Å²) in [5.74, 6) is -0.841. The molecule has 0 spiro atoms. The summed E-state index contributed by atoms with van der Waals surface area (Å²) in [5.41, 5.74) is 2.05. The second-order valence-corrected chi connectivity index (χ2v) is 12.2. The number of carbonyl (C=O) groups excluding carboxylic acids is 2. The molecule has 7 nitrogen and oxygen atoms in total. The van der Waals surface area contributed by atoms with E-state index in [1.807, 2.05) is 52.0 Å². The van der Waals surface area contributed by atoms with E-state index in [1.54, 1.807) is 18.2 Å². The highest BCUT2D eigenvalue weighted by atomic mass is 35.5. The summed E-state index contributed by atoms with van der Waals surface area (Å²) in [5, 5.41) is 3.28. The van der Waals surface area contributed by atoms with Gasteiger partial charge in [0.2, 0.25) is 11.8 Å². The summed E-state index contributed by atoms with van der Waals surface area (Å²) in [6, 6.07) is 18.9. The summed E-state index contributed by atoms with van der Waals surface area (Å²) < 4.78 is 28.6. The first-order chi connectivity index (χ1) is 18.4. The van der Waals surface area contributed by atoms with Gasteiger partial charge < -0.3 is 10.2 Å². The molecule has 0 saturated heterocycles. The number of aryl methyl sites for hydroxylation is 1. The SMILES string of the molecule is CCC(C(=O)NC(C)C)N(Cc1ccc(C)cc1)C(=O)CN(c1ccc(Cl)c(Cl)c1)S(=O)(=O)c1ccccc1. The number of amides is 2. The molecule has 0 heterocycles. The third-order valence-electron chi connectivity index (χ3n) is 6.09. The third-order valence-corrected chi connectivity index (χ3v) is 8.62. The molecule has 3 aromatic carbocycles. The van der Waals surface area contributed by atoms with Crippen molar-refractivity contribution in [1.29, 1.82) is 0 Å². The molecule has 39 heavy (non-hydrogen) atoms. The fourth-order valence-electron chi connectivity index (χ4n) is 4.08. The van der Waals surface area contributed by atoms with Crippen molar-refractivity contribution in [3.05, 3.63) is 94.0 Å². The number of sulfonamides is 1. The maximum atomic E-state index is 14.0. The Morgan fingerprint density at radius 3 is 2.13 bits per heavy atom. The first kappa shape index (κ1) is 30.5. The summed E-state index contributed by atoms with van der Waals surface area (Å²) in [4.78, 5) is 28.6. The quantitative estimate of drug-likeness (QED) is 0.305. The first-order valence-electron chi connectivity index (χ1n) is 12.6. The molecule has 0 aromatic heterocycles. The van der Waals surface area contributed by atoms with Gasteiger partial charge in [0.1, 0.15) is 12.6 Å². The van der Waals surface area contributed by atoms with E-state index in [0.717, 1.165) is 15.4 Å². The Labute approximate surface area is 240 Å². The van der Waals surface area contributed by atoms with E-state index >= 15 is 0 Å². The standard InChI is InChI=1S/C29H33Cl2N3O4S/c1-5-27(29(36)32-20(2)3)33(18-22-13-11-21(4)12-14-22)28(35)19-34(23-15-16-25(30)26(31)17-23)39(37,38)24-9-7-6-8-10-24/h6-17,20,27H,5,18-19H2,1-4H3,(H,32,36). The minimum absolute atomic E-state index is 0.0125. The van der Waals surface area contributed by atoms with Crippen LogP contribution >= 0.6 is 23.2 Å². The number of nitrogens with one attached hydrogen (secondary N) is 1. The molecule has 0 radical (unpaired) electrons. The lowest BCUT2D eigenvalue weighted by molar-refractivity contribution is -0.140. The van der Waals surface area contributed by atoms with Crippen LogP contribution in [0.5, 0.6) is 0 Å². The molecule has 3 rings (SSSR count). The molecule has 3 aromatic rings. The van der Waals surface area contributed by atoms with E-state index in [-0.39, 0.29) is 39.1 Å². The van der Waals surface area contributed by atoms with Crippen molar-refractivity contribution >= 4 is 50.7 Å². The highest BCUT2D eigenvalue weighted by molar-refractivity contribution is 7.92. The Morgan fingerprint density at radius 1 is 0.923 bits per heavy atom. The Kier molecular flexibility index (Phi) is 10.4. The van der Waals surface area contributed by atoms with Crippen LogP contribution in [0.4, 0.5) is 5.69 Å². The predicted octanol–water partition coefficient (Wildman–Crippen LogP) is 5.83. The van der Waals surface area contributed by atoms with Gasteiger partial charge in [0.15, 0.2) is 0 Å². The van der Waals surface area contributed by atoms with Crippen molar-refractivity contribution in [2.75, 3.05) is 10.8 Å². The predicted molar refractivity (Wildman–Crippen MR) is 157 cm³/mol. The molecule has 10 heteroatoms. The van der Waals surface area contributed by atoms with Gasteiger partial charge in [-0.25, -0.2) is 8.42 Å². The molecule has 0 saturated carbocycles. The van der Waals surface area contributed by atoms with E-state index in [4.69, 9.17) is 23.2 Å². The number of nitrogens with zero attached hydrogens (tertiary/aromatic N) is 2. The normalized spacial score (nSPS) is 12.2. The van der Waals surface area contributed by atoms with Crippen molar-refractivity contribution in [2.45, 2.75) is 57.6 Å². The van der Waals surface area contributed by atoms with Crippen LogP contribution in [0.1, 0.15) is 38.3 Å². The van der Waals surface area contributed by atoms with Crippen molar-refractivity contribution in [3.63, 3.8) is 0 Å². The lowest BCUT2D eigenvalue weighted by Crippen LogP contribution is -2.53. The second-order valence-electron chi connectivity index (χ2n) is 9.52. The van der Waals surface area contributed by atoms with E-state index < -0.39 is 28.5 Å². The minimum atomic E-state index is -4.18. The second kappa shape index (κ2) is 13.3. The van der Waals surface area contributed by atoms with Crippen LogP contribution in [-0.4, -0.2) is 43.8 Å². The van der Waals surface area contributed by atoms with Crippen LogP contribution in [-0.2, 0) is 26.2 Å². The Bertz CT molecular complexity index is 1400. The average molecular weight is 591 g/mol. The Morgan fingerprint density at radius 2 is 1.56 bits per heavy atom. The summed E-state index contributed by atoms with van der Waals surface area (Å²) in [6.45, 7) is 7.04. The van der Waals surface area contributed by atoms with Gasteiger partial charge in [-0.1, -0.05) is 78.2 Å². The number of anilines is 1. The van der Waals surface area contributed by atoms with Crippen LogP contribution < -0.4 is 9.62 Å². The summed E-state index contributed by atoms with van der Waals surface area (Å²) >= 11 is 12.3. The largest absolute Gasteiger partial charge is 0.352 e. The van der Waals surface area contributed by atoms with Crippen molar-refractivity contribution in [2.24, 2.45) is 0 Å². The van der Waals surface area contributed by atoms with Gasteiger partial charge in [-0.2, -0.15) is 0 Å². The molecule has 1 unspecified atom stereocenters. The van der Waals surface area contributed by atoms with Gasteiger partial charge in [0, 0.05) is 12.6 Å². The number of hydrogen-bond donors (Lipinski definition) is 1. The molecule has 0 aliphatic heterocycles. The van der Waals surface area contributed by atoms with Gasteiger partial charge in [-0.15, -0.1) is 0 Å². The number of rotatable bonds is 11. The number of carbonyl (C=O) groups is 2. The number of benzene rings is 3. The molecule has 1 N–H and O–H groups in total. The van der Waals surface area contributed by atoms with Crippen LogP contribution in [0, 0.1) is 6.92 Å². The van der Waals surface area contributed by atoms with Crippen LogP contribution in [0.3, 0.4) is 0 Å². The first-order valence-corrected chi connectivity index (χ1v) is 14.8. The maximum absolute atomic E-state index is 14.0. The molecule has 208 valence electrons. The van der Waals surface area contributed by atoms with Crippen molar-refractivity contribution in [1.82, 2.24) is 10.2 Å². The molecule has 1 atom stereocenters. The third kappa shape index (κ3) is 7.75. The Balaban J connectivity index is 2.07. The molecule has 0 fully saturated rings. The van der Waals surface area contributed by atoms with Crippen molar-refractivity contribution < 1.29 is 18.0 Å². The van der Waals surface area contributed by atoms with E-state index in [1.165, 1.54) is 35.2 Å². The zero-order valence-electron chi connectivity index (χ0n) is 22.4. The van der Waals surface area contributed by atoms with Crippen LogP contribution in [0.2, 0.25) is 10.0 Å². The lowest BCUT2D eigenvalue weighted by Gasteiger charge is -2.33. The van der Waals surface area contributed by atoms with Gasteiger partial charge in [0.25, 0.3) is 10.0 Å². The van der Waals surface area contributed by atoms with Crippen molar-refractivity contribution in [3.8, 4) is 0 Å². The molecule has 0 aliphatic carbocycles. The monoisotopic (exact) mass is 589 g/mol. The topological polar surface area (TPSA) is 86.8 Å². The van der Waals surface area contributed by atoms with Gasteiger partial charge in [-0.3, -0.25) is 13.9 Å². The molecule has 2 amide bonds. The van der Waals surface area contributed by atoms with Crippen LogP contribution in [0.15, 0.2) is 77.7 Å². The zero-order valence-corrected chi connectivity index (χ0v) is 24.7. The maximum Gasteiger partial charge on any atom is 0.264 e. The fourth-order valence-corrected chi connectivity index (χ4v) is 5.80. The molecular formula is C29H33Cl2N3O4S. The minimum Gasteiger partial charge on any atom is -0.352 e. The van der Waals surface area contributed by atoms with Gasteiger partial charge >= 0.3 is 0 Å².